The van der Waals surface area contributed by atoms with Crippen molar-refractivity contribution in [1.29, 1.82) is 5.26 Å². The molecule has 0 atom stereocenters. The van der Waals surface area contributed by atoms with Gasteiger partial charge in [0.25, 0.3) is 0 Å². The third-order valence-electron chi connectivity index (χ3n) is 3.29. The summed E-state index contributed by atoms with van der Waals surface area (Å²) in [5.74, 6) is -0.676. The van der Waals surface area contributed by atoms with Crippen molar-refractivity contribution >= 4 is 11.9 Å². The summed E-state index contributed by atoms with van der Waals surface area (Å²) in [6.07, 6.45) is 1.46. The van der Waals surface area contributed by atoms with Crippen LogP contribution in [0.5, 0.6) is 0 Å². The van der Waals surface area contributed by atoms with Crippen molar-refractivity contribution in [1.82, 2.24) is 9.97 Å². The minimum absolute atomic E-state index is 0.233. The van der Waals surface area contributed by atoms with Crippen LogP contribution in [0.3, 0.4) is 0 Å². The second-order valence-corrected chi connectivity index (χ2v) is 5.06. The number of aliphatic carboxylic acids is 1. The minimum atomic E-state index is -1.01. The van der Waals surface area contributed by atoms with E-state index in [0.29, 0.717) is 0 Å². The van der Waals surface area contributed by atoms with E-state index in [1.54, 1.807) is 27.7 Å². The number of hydrogen-bond donors (Lipinski definition) is 2. The summed E-state index contributed by atoms with van der Waals surface area (Å²) >= 11 is 0. The predicted octanol–water partition coefficient (Wildman–Crippen LogP) is 1.65. The van der Waals surface area contributed by atoms with Crippen molar-refractivity contribution < 1.29 is 9.90 Å². The van der Waals surface area contributed by atoms with Gasteiger partial charge in [-0.1, -0.05) is 0 Å². The molecule has 6 heteroatoms. The van der Waals surface area contributed by atoms with Crippen LogP contribution in [0, 0.1) is 16.7 Å². The van der Waals surface area contributed by atoms with Crippen LogP contribution in [0.15, 0.2) is 12.3 Å². The zero-order valence-corrected chi connectivity index (χ0v) is 10.9. The fourth-order valence-corrected chi connectivity index (χ4v) is 1.18. The smallest absolute Gasteiger partial charge is 0.311 e. The maximum atomic E-state index is 11.2. The summed E-state index contributed by atoms with van der Waals surface area (Å²) in [6, 6.07) is 3.39. The van der Waals surface area contributed by atoms with Crippen molar-refractivity contribution in [3.8, 4) is 6.07 Å². The molecule has 1 rings (SSSR count). The van der Waals surface area contributed by atoms with Crippen molar-refractivity contribution in [2.45, 2.75) is 33.2 Å². The Morgan fingerprint density at radius 1 is 1.44 bits per heavy atom. The first kappa shape index (κ1) is 13.9. The number of nitriles is 1. The lowest BCUT2D eigenvalue weighted by molar-refractivity contribution is -0.149. The van der Waals surface area contributed by atoms with E-state index in [9.17, 15) is 9.90 Å². The Bertz CT molecular complexity index is 503. The molecule has 6 nitrogen and oxygen atoms in total. The summed E-state index contributed by atoms with van der Waals surface area (Å²) in [5.41, 5.74) is -1.55. The molecule has 0 bridgehead atoms. The molecule has 0 radical (unpaired) electrons. The predicted molar refractivity (Wildman–Crippen MR) is 65.9 cm³/mol. The van der Waals surface area contributed by atoms with Crippen LogP contribution in [0.25, 0.3) is 0 Å². The molecule has 0 spiro atoms. The van der Waals surface area contributed by atoms with E-state index >= 15 is 0 Å². The topological polar surface area (TPSA) is 98.9 Å². The van der Waals surface area contributed by atoms with Gasteiger partial charge in [-0.05, 0) is 33.8 Å². The lowest BCUT2D eigenvalue weighted by atomic mass is 9.74. The van der Waals surface area contributed by atoms with Gasteiger partial charge in [-0.2, -0.15) is 5.26 Å². The number of carboxylic acids is 1. The van der Waals surface area contributed by atoms with Gasteiger partial charge in [0.05, 0.1) is 11.0 Å². The average molecular weight is 248 g/mol. The fourth-order valence-electron chi connectivity index (χ4n) is 1.18. The Hall–Kier alpha value is -2.16. The average Bonchev–Trinajstić information content (AvgIpc) is 2.28. The Morgan fingerprint density at radius 3 is 2.56 bits per heavy atom. The molecule has 0 aliphatic heterocycles. The lowest BCUT2D eigenvalue weighted by Crippen LogP contribution is -2.51. The highest BCUT2D eigenvalue weighted by atomic mass is 16.4. The van der Waals surface area contributed by atoms with E-state index < -0.39 is 16.9 Å². The Balaban J connectivity index is 3.02. The Labute approximate surface area is 106 Å². The molecule has 1 heterocycles. The molecule has 0 aliphatic carbocycles. The number of nitrogens with zero attached hydrogens (tertiary/aromatic N) is 3. The van der Waals surface area contributed by atoms with Crippen LogP contribution in [-0.2, 0) is 4.79 Å². The number of aromatic nitrogens is 2. The van der Waals surface area contributed by atoms with Gasteiger partial charge in [0, 0.05) is 6.20 Å². The van der Waals surface area contributed by atoms with Crippen molar-refractivity contribution in [2.24, 2.45) is 5.41 Å². The van der Waals surface area contributed by atoms with Gasteiger partial charge in [-0.25, -0.2) is 9.97 Å². The molecule has 0 unspecified atom stereocenters. The molecular formula is C12H16N4O2. The third kappa shape index (κ3) is 2.56. The normalized spacial score (nSPS) is 11.7. The number of carbonyl (C=O) groups is 1. The molecule has 1 aromatic heterocycles. The van der Waals surface area contributed by atoms with Crippen molar-refractivity contribution in [2.75, 3.05) is 5.32 Å². The molecule has 0 saturated carbocycles. The number of anilines is 1. The zero-order valence-electron chi connectivity index (χ0n) is 10.9. The quantitative estimate of drug-likeness (QED) is 0.840. The van der Waals surface area contributed by atoms with Crippen molar-refractivity contribution in [3.05, 3.63) is 18.0 Å². The molecule has 1 aromatic rings. The molecule has 0 aromatic carbocycles. The van der Waals surface area contributed by atoms with Gasteiger partial charge in [-0.3, -0.25) is 4.79 Å². The van der Waals surface area contributed by atoms with Crippen molar-refractivity contribution in [3.63, 3.8) is 0 Å². The van der Waals surface area contributed by atoms with E-state index in [-0.39, 0.29) is 11.6 Å². The summed E-state index contributed by atoms with van der Waals surface area (Å²) in [7, 11) is 0. The summed E-state index contributed by atoms with van der Waals surface area (Å²) in [5, 5.41) is 20.9. The van der Waals surface area contributed by atoms with Crippen LogP contribution < -0.4 is 5.32 Å². The summed E-state index contributed by atoms with van der Waals surface area (Å²) in [4.78, 5) is 19.2. The van der Waals surface area contributed by atoms with E-state index in [1.165, 1.54) is 12.3 Å². The second-order valence-electron chi connectivity index (χ2n) is 5.06. The highest BCUT2D eigenvalue weighted by Gasteiger charge is 2.43. The lowest BCUT2D eigenvalue weighted by Gasteiger charge is -2.38. The van der Waals surface area contributed by atoms with Gasteiger partial charge >= 0.3 is 5.97 Å². The van der Waals surface area contributed by atoms with Gasteiger partial charge in [0.2, 0.25) is 5.95 Å². The number of rotatable bonds is 4. The Kier molecular flexibility index (Phi) is 3.56. The first-order valence-corrected chi connectivity index (χ1v) is 5.45. The molecule has 18 heavy (non-hydrogen) atoms. The Morgan fingerprint density at radius 2 is 2.06 bits per heavy atom. The van der Waals surface area contributed by atoms with Gasteiger partial charge < -0.3 is 10.4 Å². The van der Waals surface area contributed by atoms with Crippen LogP contribution in [0.2, 0.25) is 0 Å². The fraction of sp³-hybridized carbons (Fsp3) is 0.500. The van der Waals surface area contributed by atoms with E-state index in [4.69, 9.17) is 5.26 Å². The molecule has 96 valence electrons. The van der Waals surface area contributed by atoms with Crippen LogP contribution in [0.1, 0.15) is 33.4 Å². The maximum Gasteiger partial charge on any atom is 0.311 e. The molecule has 0 saturated heterocycles. The number of hydrogen-bond acceptors (Lipinski definition) is 5. The largest absolute Gasteiger partial charge is 0.481 e. The summed E-state index contributed by atoms with van der Waals surface area (Å²) < 4.78 is 0. The first-order chi connectivity index (χ1) is 8.20. The van der Waals surface area contributed by atoms with Gasteiger partial charge in [-0.15, -0.1) is 0 Å². The number of nitrogens with one attached hydrogen (secondary N) is 1. The van der Waals surface area contributed by atoms with Crippen LogP contribution in [0.4, 0.5) is 5.95 Å². The van der Waals surface area contributed by atoms with E-state index in [2.05, 4.69) is 15.3 Å². The zero-order chi connectivity index (χ0) is 14.0. The number of carboxylic acid groups (broad SMARTS) is 1. The molecule has 0 amide bonds. The third-order valence-corrected chi connectivity index (χ3v) is 3.29. The molecular weight excluding hydrogens is 232 g/mol. The second kappa shape index (κ2) is 4.61. The first-order valence-electron chi connectivity index (χ1n) is 5.45. The molecule has 0 aliphatic rings. The highest BCUT2D eigenvalue weighted by Crippen LogP contribution is 2.33. The summed E-state index contributed by atoms with van der Waals surface area (Å²) in [6.45, 7) is 6.75. The van der Waals surface area contributed by atoms with Gasteiger partial charge in [0.1, 0.15) is 11.8 Å². The molecule has 0 fully saturated rings. The van der Waals surface area contributed by atoms with Crippen LogP contribution >= 0.6 is 0 Å². The SMILES string of the molecule is CC(C)(Nc1nccc(C#N)n1)C(C)(C)C(=O)O. The minimum Gasteiger partial charge on any atom is -0.481 e. The maximum absolute atomic E-state index is 11.2. The van der Waals surface area contributed by atoms with Crippen LogP contribution in [-0.4, -0.2) is 26.6 Å². The monoisotopic (exact) mass is 248 g/mol. The van der Waals surface area contributed by atoms with Gasteiger partial charge in [0.15, 0.2) is 0 Å². The highest BCUT2D eigenvalue weighted by molar-refractivity contribution is 5.76. The molecule has 2 N–H and O–H groups in total. The van der Waals surface area contributed by atoms with E-state index in [0.717, 1.165) is 0 Å². The van der Waals surface area contributed by atoms with E-state index in [1.807, 2.05) is 6.07 Å². The standard InChI is InChI=1S/C12H16N4O2/c1-11(2,9(17)18)12(3,4)16-10-14-6-5-8(7-13)15-10/h5-6H,1-4H3,(H,17,18)(H,14,15,16).